The van der Waals surface area contributed by atoms with Gasteiger partial charge in [0.15, 0.2) is 6.61 Å². The van der Waals surface area contributed by atoms with Crippen molar-refractivity contribution in [2.45, 2.75) is 24.4 Å². The zero-order chi connectivity index (χ0) is 13.4. The average molecular weight is 272 g/mol. The molecule has 100 valence electrons. The Morgan fingerprint density at radius 3 is 2.12 bits per heavy atom. The second-order valence-corrected chi connectivity index (χ2v) is 3.06. The summed E-state index contributed by atoms with van der Waals surface area (Å²) in [5.41, 5.74) is 0. The lowest BCUT2D eigenvalue weighted by molar-refractivity contribution is -0.247. The van der Waals surface area contributed by atoms with Crippen LogP contribution in [0, 0.1) is 0 Å². The van der Waals surface area contributed by atoms with Crippen LogP contribution in [0.2, 0.25) is 0 Å². The van der Waals surface area contributed by atoms with Crippen molar-refractivity contribution in [3.8, 4) is 0 Å². The summed E-state index contributed by atoms with van der Waals surface area (Å²) in [5, 5.41) is 0. The van der Waals surface area contributed by atoms with Crippen molar-refractivity contribution in [3.05, 3.63) is 12.0 Å². The molecule has 0 aliphatic carbocycles. The minimum absolute atomic E-state index is 1.68. The van der Waals surface area contributed by atoms with Crippen molar-refractivity contribution in [3.63, 3.8) is 0 Å². The fourth-order valence-electron chi connectivity index (χ4n) is 0.993. The lowest BCUT2D eigenvalue weighted by Crippen LogP contribution is -2.52. The molecule has 0 spiro atoms. The average Bonchev–Trinajstić information content (AvgIpc) is 2.61. The summed E-state index contributed by atoms with van der Waals surface area (Å²) >= 11 is 0. The highest BCUT2D eigenvalue weighted by Gasteiger charge is 2.64. The van der Waals surface area contributed by atoms with E-state index in [1.807, 2.05) is 0 Å². The molecule has 0 N–H and O–H groups in total. The fourth-order valence-corrected chi connectivity index (χ4v) is 0.993. The Labute approximate surface area is 88.8 Å². The number of hydrogen-bond acceptors (Lipinski definition) is 2. The fraction of sp³-hybridized carbons (Fsp3) is 0.714. The largest absolute Gasteiger partial charge is 0.454 e. The van der Waals surface area contributed by atoms with E-state index in [1.165, 1.54) is 0 Å². The van der Waals surface area contributed by atoms with Gasteiger partial charge in [-0.2, -0.15) is 22.0 Å². The number of alkyl halides is 6. The SMILES string of the molecule is FC(F)=C1OCC(F)(C(F)C(F)(F)C(F)F)O1. The first-order chi connectivity index (χ1) is 7.61. The normalized spacial score (nSPS) is 26.8. The van der Waals surface area contributed by atoms with Crippen LogP contribution in [-0.4, -0.2) is 31.0 Å². The van der Waals surface area contributed by atoms with Gasteiger partial charge in [0.25, 0.3) is 0 Å². The van der Waals surface area contributed by atoms with Gasteiger partial charge in [-0.1, -0.05) is 0 Å². The quantitative estimate of drug-likeness (QED) is 0.735. The molecule has 1 heterocycles. The third-order valence-corrected chi connectivity index (χ3v) is 1.82. The number of hydrogen-bond donors (Lipinski definition) is 0. The standard InChI is InChI=1S/C7H4F8O2/c8-2(9)3-16-1-6(13,17-3)4(10)7(14,15)5(11)12/h4-5H,1H2. The van der Waals surface area contributed by atoms with E-state index < -0.39 is 43.0 Å². The number of halogens is 8. The Morgan fingerprint density at radius 1 is 1.24 bits per heavy atom. The number of ether oxygens (including phenoxy) is 2. The van der Waals surface area contributed by atoms with Crippen LogP contribution in [0.3, 0.4) is 0 Å². The Kier molecular flexibility index (Phi) is 3.44. The summed E-state index contributed by atoms with van der Waals surface area (Å²) in [4.78, 5) is 0. The molecule has 0 saturated carbocycles. The summed E-state index contributed by atoms with van der Waals surface area (Å²) < 4.78 is 105. The maximum atomic E-state index is 13.3. The second-order valence-electron chi connectivity index (χ2n) is 3.06. The smallest absolute Gasteiger partial charge is 0.351 e. The van der Waals surface area contributed by atoms with Gasteiger partial charge in [0, 0.05) is 0 Å². The molecule has 0 aromatic carbocycles. The van der Waals surface area contributed by atoms with E-state index in [-0.39, 0.29) is 0 Å². The minimum Gasteiger partial charge on any atom is -0.454 e. The summed E-state index contributed by atoms with van der Waals surface area (Å²) in [6.07, 6.45) is -11.4. The third kappa shape index (κ3) is 2.39. The second kappa shape index (κ2) is 4.22. The molecule has 17 heavy (non-hydrogen) atoms. The Bertz CT molecular complexity index is 326. The predicted molar refractivity (Wildman–Crippen MR) is 36.0 cm³/mol. The van der Waals surface area contributed by atoms with Crippen LogP contribution in [0.1, 0.15) is 0 Å². The monoisotopic (exact) mass is 272 g/mol. The van der Waals surface area contributed by atoms with Gasteiger partial charge in [0.1, 0.15) is 0 Å². The molecule has 0 aromatic heterocycles. The Morgan fingerprint density at radius 2 is 1.76 bits per heavy atom. The molecule has 2 nitrogen and oxygen atoms in total. The van der Waals surface area contributed by atoms with Crippen molar-refractivity contribution in [1.82, 2.24) is 0 Å². The van der Waals surface area contributed by atoms with Gasteiger partial charge in [-0.05, 0) is 0 Å². The molecule has 1 fully saturated rings. The molecular formula is C7H4F8O2. The maximum Gasteiger partial charge on any atom is 0.351 e. The third-order valence-electron chi connectivity index (χ3n) is 1.82. The van der Waals surface area contributed by atoms with Crippen molar-refractivity contribution >= 4 is 0 Å². The van der Waals surface area contributed by atoms with Crippen LogP contribution < -0.4 is 0 Å². The molecule has 1 saturated heterocycles. The predicted octanol–water partition coefficient (Wildman–Crippen LogP) is 3.00. The Balaban J connectivity index is 2.91. The van der Waals surface area contributed by atoms with Crippen molar-refractivity contribution in [2.75, 3.05) is 6.61 Å². The first-order valence-corrected chi connectivity index (χ1v) is 3.97. The Hall–Kier alpha value is -1.22. The lowest BCUT2D eigenvalue weighted by Gasteiger charge is -2.26. The van der Waals surface area contributed by atoms with Gasteiger partial charge in [0.2, 0.25) is 6.17 Å². The molecule has 1 aliphatic rings. The van der Waals surface area contributed by atoms with Crippen LogP contribution in [0.15, 0.2) is 12.0 Å². The van der Waals surface area contributed by atoms with Crippen LogP contribution in [0.5, 0.6) is 0 Å². The van der Waals surface area contributed by atoms with Gasteiger partial charge in [-0.3, -0.25) is 0 Å². The van der Waals surface area contributed by atoms with Crippen LogP contribution in [0.4, 0.5) is 35.1 Å². The molecule has 0 radical (unpaired) electrons. The zero-order valence-electron chi connectivity index (χ0n) is 7.70. The van der Waals surface area contributed by atoms with Gasteiger partial charge in [0.05, 0.1) is 0 Å². The van der Waals surface area contributed by atoms with E-state index in [0.29, 0.717) is 0 Å². The van der Waals surface area contributed by atoms with E-state index in [2.05, 4.69) is 9.47 Å². The van der Waals surface area contributed by atoms with E-state index in [9.17, 15) is 35.1 Å². The molecule has 0 bridgehead atoms. The summed E-state index contributed by atoms with van der Waals surface area (Å²) in [6, 6.07) is 0. The minimum atomic E-state index is -5.39. The van der Waals surface area contributed by atoms with Crippen molar-refractivity contribution in [1.29, 1.82) is 0 Å². The maximum absolute atomic E-state index is 13.3. The van der Waals surface area contributed by atoms with Crippen molar-refractivity contribution < 1.29 is 44.6 Å². The van der Waals surface area contributed by atoms with Gasteiger partial charge >= 0.3 is 30.2 Å². The highest BCUT2D eigenvalue weighted by atomic mass is 19.3. The van der Waals surface area contributed by atoms with Crippen LogP contribution >= 0.6 is 0 Å². The highest BCUT2D eigenvalue weighted by Crippen LogP contribution is 2.42. The van der Waals surface area contributed by atoms with E-state index in [4.69, 9.17) is 0 Å². The highest BCUT2D eigenvalue weighted by molar-refractivity contribution is 5.00. The molecule has 0 aromatic rings. The first kappa shape index (κ1) is 13.8. The lowest BCUT2D eigenvalue weighted by atomic mass is 10.1. The summed E-state index contributed by atoms with van der Waals surface area (Å²) in [5.74, 6) is -11.3. The van der Waals surface area contributed by atoms with Gasteiger partial charge in [-0.25, -0.2) is 13.2 Å². The summed E-state index contributed by atoms with van der Waals surface area (Å²) in [7, 11) is 0. The van der Waals surface area contributed by atoms with Crippen LogP contribution in [0.25, 0.3) is 0 Å². The van der Waals surface area contributed by atoms with Crippen molar-refractivity contribution in [2.24, 2.45) is 0 Å². The van der Waals surface area contributed by atoms with E-state index in [0.717, 1.165) is 0 Å². The van der Waals surface area contributed by atoms with Crippen LogP contribution in [-0.2, 0) is 9.47 Å². The molecule has 0 amide bonds. The number of rotatable bonds is 3. The summed E-state index contributed by atoms with van der Waals surface area (Å²) in [6.45, 7) is -1.68. The molecule has 1 aliphatic heterocycles. The molecule has 2 unspecified atom stereocenters. The molecular weight excluding hydrogens is 268 g/mol. The van der Waals surface area contributed by atoms with E-state index in [1.54, 1.807) is 0 Å². The van der Waals surface area contributed by atoms with Gasteiger partial charge < -0.3 is 9.47 Å². The topological polar surface area (TPSA) is 18.5 Å². The van der Waals surface area contributed by atoms with E-state index >= 15 is 0 Å². The first-order valence-electron chi connectivity index (χ1n) is 3.97. The molecule has 1 rings (SSSR count). The molecule has 10 heteroatoms. The van der Waals surface area contributed by atoms with Gasteiger partial charge in [-0.15, -0.1) is 0 Å². The molecule has 2 atom stereocenters. The zero-order valence-corrected chi connectivity index (χ0v) is 7.70.